The summed E-state index contributed by atoms with van der Waals surface area (Å²) in [6.07, 6.45) is -3.51. The molecule has 0 radical (unpaired) electrons. The fourth-order valence-corrected chi connectivity index (χ4v) is 2.21. The molecule has 1 aliphatic heterocycles. The van der Waals surface area contributed by atoms with Crippen LogP contribution in [0.25, 0.3) is 0 Å². The smallest absolute Gasteiger partial charge is 0.393 e. The maximum Gasteiger partial charge on any atom is 0.416 e. The van der Waals surface area contributed by atoms with Gasteiger partial charge in [0.15, 0.2) is 0 Å². The van der Waals surface area contributed by atoms with Crippen molar-refractivity contribution in [1.29, 1.82) is 0 Å². The van der Waals surface area contributed by atoms with Crippen LogP contribution in [0.5, 0.6) is 0 Å². The van der Waals surface area contributed by atoms with E-state index in [1.807, 2.05) is 0 Å². The third kappa shape index (κ3) is 3.72. The number of aliphatic hydroxyl groups excluding tert-OH is 1. The molecule has 0 aromatic heterocycles. The molecule has 0 atom stereocenters. The fraction of sp³-hybridized carbons (Fsp3) is 0.500. The van der Waals surface area contributed by atoms with Gasteiger partial charge in [-0.05, 0) is 30.5 Å². The maximum absolute atomic E-state index is 12.4. The highest BCUT2D eigenvalue weighted by Crippen LogP contribution is 2.29. The molecule has 1 saturated heterocycles. The molecule has 1 aromatic rings. The molecule has 20 heavy (non-hydrogen) atoms. The average molecular weight is 287 g/mol. The predicted molar refractivity (Wildman–Crippen MR) is 67.0 cm³/mol. The van der Waals surface area contributed by atoms with Crippen LogP contribution in [0, 0.1) is 0 Å². The number of likely N-dealkylation sites (tertiary alicyclic amines) is 1. The first kappa shape index (κ1) is 14.8. The van der Waals surface area contributed by atoms with Crippen LogP contribution in [0.1, 0.15) is 24.0 Å². The minimum Gasteiger partial charge on any atom is -0.393 e. The van der Waals surface area contributed by atoms with E-state index in [1.54, 1.807) is 4.90 Å². The van der Waals surface area contributed by atoms with Crippen LogP contribution in [0.15, 0.2) is 24.3 Å². The highest BCUT2D eigenvalue weighted by molar-refractivity contribution is 5.78. The second-order valence-corrected chi connectivity index (χ2v) is 4.98. The summed E-state index contributed by atoms with van der Waals surface area (Å²) >= 11 is 0. The Morgan fingerprint density at radius 3 is 2.25 bits per heavy atom. The molecule has 1 fully saturated rings. The van der Waals surface area contributed by atoms with E-state index in [2.05, 4.69) is 0 Å². The Bertz CT molecular complexity index is 462. The van der Waals surface area contributed by atoms with Crippen LogP contribution >= 0.6 is 0 Å². The van der Waals surface area contributed by atoms with Gasteiger partial charge in [0.05, 0.1) is 18.1 Å². The Kier molecular flexibility index (Phi) is 4.32. The van der Waals surface area contributed by atoms with Gasteiger partial charge in [-0.15, -0.1) is 0 Å². The molecule has 0 aliphatic carbocycles. The van der Waals surface area contributed by atoms with E-state index in [0.717, 1.165) is 12.1 Å². The highest BCUT2D eigenvalue weighted by atomic mass is 19.4. The summed E-state index contributed by atoms with van der Waals surface area (Å²) in [5.74, 6) is -0.114. The van der Waals surface area contributed by atoms with E-state index in [1.165, 1.54) is 12.1 Å². The van der Waals surface area contributed by atoms with Gasteiger partial charge in [0, 0.05) is 13.1 Å². The molecule has 3 nitrogen and oxygen atoms in total. The fourth-order valence-electron chi connectivity index (χ4n) is 2.21. The van der Waals surface area contributed by atoms with Crippen LogP contribution in [-0.2, 0) is 17.4 Å². The van der Waals surface area contributed by atoms with E-state index in [4.69, 9.17) is 0 Å². The van der Waals surface area contributed by atoms with E-state index in [9.17, 15) is 23.1 Å². The molecule has 1 N–H and O–H groups in total. The van der Waals surface area contributed by atoms with Gasteiger partial charge in [-0.2, -0.15) is 13.2 Å². The van der Waals surface area contributed by atoms with E-state index < -0.39 is 11.7 Å². The zero-order chi connectivity index (χ0) is 14.8. The second-order valence-electron chi connectivity index (χ2n) is 4.98. The van der Waals surface area contributed by atoms with Crippen LogP contribution in [0.2, 0.25) is 0 Å². The number of carbonyl (C=O) groups excluding carboxylic acids is 1. The molecule has 0 bridgehead atoms. The Hall–Kier alpha value is -1.56. The molecule has 2 rings (SSSR count). The van der Waals surface area contributed by atoms with Crippen molar-refractivity contribution >= 4 is 5.91 Å². The molecular weight excluding hydrogens is 271 g/mol. The predicted octanol–water partition coefficient (Wildman–Crippen LogP) is 2.23. The Morgan fingerprint density at radius 1 is 1.20 bits per heavy atom. The van der Waals surface area contributed by atoms with Crippen molar-refractivity contribution in [2.75, 3.05) is 13.1 Å². The second kappa shape index (κ2) is 5.83. The summed E-state index contributed by atoms with van der Waals surface area (Å²) in [6, 6.07) is 4.64. The van der Waals surface area contributed by atoms with E-state index >= 15 is 0 Å². The van der Waals surface area contributed by atoms with Crippen molar-refractivity contribution in [3.8, 4) is 0 Å². The number of benzene rings is 1. The number of carbonyl (C=O) groups is 1. The molecular formula is C14H16F3NO2. The van der Waals surface area contributed by atoms with Crippen molar-refractivity contribution in [2.45, 2.75) is 31.5 Å². The molecule has 1 aromatic carbocycles. The first-order valence-electron chi connectivity index (χ1n) is 6.48. The van der Waals surface area contributed by atoms with Crippen LogP contribution in [-0.4, -0.2) is 35.1 Å². The highest BCUT2D eigenvalue weighted by Gasteiger charge is 2.30. The number of alkyl halides is 3. The lowest BCUT2D eigenvalue weighted by molar-refractivity contribution is -0.137. The summed E-state index contributed by atoms with van der Waals surface area (Å²) < 4.78 is 37.2. The SMILES string of the molecule is O=C(Cc1ccc(C(F)(F)F)cc1)N1CCC(O)CC1. The lowest BCUT2D eigenvalue weighted by atomic mass is 10.1. The maximum atomic E-state index is 12.4. The Labute approximate surface area is 115 Å². The molecule has 0 saturated carbocycles. The number of piperidine rings is 1. The third-order valence-corrected chi connectivity index (χ3v) is 3.45. The third-order valence-electron chi connectivity index (χ3n) is 3.45. The lowest BCUT2D eigenvalue weighted by Gasteiger charge is -2.29. The zero-order valence-electron chi connectivity index (χ0n) is 10.9. The summed E-state index contributed by atoms with van der Waals surface area (Å²) in [6.45, 7) is 1.00. The number of rotatable bonds is 2. The van der Waals surface area contributed by atoms with Crippen molar-refractivity contribution in [3.63, 3.8) is 0 Å². The zero-order valence-corrected chi connectivity index (χ0v) is 10.9. The number of aliphatic hydroxyl groups is 1. The molecule has 1 amide bonds. The van der Waals surface area contributed by atoms with Gasteiger partial charge in [-0.3, -0.25) is 4.79 Å². The molecule has 0 unspecified atom stereocenters. The van der Waals surface area contributed by atoms with Crippen molar-refractivity contribution in [3.05, 3.63) is 35.4 Å². The van der Waals surface area contributed by atoms with Gasteiger partial charge in [-0.25, -0.2) is 0 Å². The van der Waals surface area contributed by atoms with Gasteiger partial charge in [0.2, 0.25) is 5.91 Å². The van der Waals surface area contributed by atoms with Crippen LogP contribution in [0.3, 0.4) is 0 Å². The summed E-state index contributed by atoms with van der Waals surface area (Å²) in [7, 11) is 0. The number of hydrogen-bond acceptors (Lipinski definition) is 2. The number of amides is 1. The monoisotopic (exact) mass is 287 g/mol. The summed E-state index contributed by atoms with van der Waals surface area (Å²) in [4.78, 5) is 13.6. The van der Waals surface area contributed by atoms with Crippen LogP contribution < -0.4 is 0 Å². The quantitative estimate of drug-likeness (QED) is 0.906. The minimum absolute atomic E-state index is 0.0915. The minimum atomic E-state index is -4.36. The molecule has 0 spiro atoms. The van der Waals surface area contributed by atoms with Gasteiger partial charge >= 0.3 is 6.18 Å². The van der Waals surface area contributed by atoms with Crippen molar-refractivity contribution in [2.24, 2.45) is 0 Å². The normalized spacial score (nSPS) is 17.3. The number of halogens is 3. The van der Waals surface area contributed by atoms with Gasteiger partial charge < -0.3 is 10.0 Å². The number of hydrogen-bond donors (Lipinski definition) is 1. The first-order chi connectivity index (χ1) is 9.36. The number of nitrogens with zero attached hydrogens (tertiary/aromatic N) is 1. The average Bonchev–Trinajstić information content (AvgIpc) is 2.39. The van der Waals surface area contributed by atoms with E-state index in [-0.39, 0.29) is 18.4 Å². The van der Waals surface area contributed by atoms with Gasteiger partial charge in [0.1, 0.15) is 0 Å². The molecule has 110 valence electrons. The Morgan fingerprint density at radius 2 is 1.75 bits per heavy atom. The van der Waals surface area contributed by atoms with Gasteiger partial charge in [-0.1, -0.05) is 12.1 Å². The lowest BCUT2D eigenvalue weighted by Crippen LogP contribution is -2.40. The van der Waals surface area contributed by atoms with E-state index in [0.29, 0.717) is 31.5 Å². The standard InChI is InChI=1S/C14H16F3NO2/c15-14(16,17)11-3-1-10(2-4-11)9-13(20)18-7-5-12(19)6-8-18/h1-4,12,19H,5-9H2. The molecule has 6 heteroatoms. The van der Waals surface area contributed by atoms with Gasteiger partial charge in [0.25, 0.3) is 0 Å². The van der Waals surface area contributed by atoms with Crippen molar-refractivity contribution in [1.82, 2.24) is 4.90 Å². The Balaban J connectivity index is 1.94. The first-order valence-corrected chi connectivity index (χ1v) is 6.48. The largest absolute Gasteiger partial charge is 0.416 e. The summed E-state index contributed by atoms with van der Waals surface area (Å²) in [5, 5.41) is 9.36. The summed E-state index contributed by atoms with van der Waals surface area (Å²) in [5.41, 5.74) is -0.149. The molecule has 1 aliphatic rings. The molecule has 1 heterocycles. The van der Waals surface area contributed by atoms with Crippen LogP contribution in [0.4, 0.5) is 13.2 Å². The topological polar surface area (TPSA) is 40.5 Å². The van der Waals surface area contributed by atoms with Crippen molar-refractivity contribution < 1.29 is 23.1 Å².